The van der Waals surface area contributed by atoms with Gasteiger partial charge < -0.3 is 4.74 Å². The first-order chi connectivity index (χ1) is 6.41. The van der Waals surface area contributed by atoms with E-state index in [2.05, 4.69) is 24.8 Å². The molecule has 1 nitrogen and oxygen atoms in total. The largest absolute Gasteiger partial charge is 0.378 e. The van der Waals surface area contributed by atoms with E-state index in [-0.39, 0.29) is 0 Å². The van der Waals surface area contributed by atoms with Gasteiger partial charge in [-0.25, -0.2) is 0 Å². The number of ether oxygens (including phenoxy) is 1. The van der Waals surface area contributed by atoms with Crippen LogP contribution in [0.2, 0.25) is 0 Å². The molecule has 0 bridgehead atoms. The third-order valence-corrected chi connectivity index (χ3v) is 1.60. The van der Waals surface area contributed by atoms with Crippen molar-refractivity contribution in [3.8, 4) is 0 Å². The van der Waals surface area contributed by atoms with Crippen molar-refractivity contribution in [1.29, 1.82) is 0 Å². The molecule has 0 radical (unpaired) electrons. The Morgan fingerprint density at radius 3 is 2.62 bits per heavy atom. The Morgan fingerprint density at radius 2 is 1.92 bits per heavy atom. The average Bonchev–Trinajstić information content (AvgIpc) is 2.16. The van der Waals surface area contributed by atoms with Gasteiger partial charge in [0.1, 0.15) is 0 Å². The van der Waals surface area contributed by atoms with Gasteiger partial charge in [0.05, 0.1) is 6.61 Å². The summed E-state index contributed by atoms with van der Waals surface area (Å²) in [6, 6.07) is 0. The second-order valence-electron chi connectivity index (χ2n) is 2.73. The average molecular weight is 180 g/mol. The van der Waals surface area contributed by atoms with E-state index < -0.39 is 0 Å². The zero-order chi connectivity index (χ0) is 9.78. The molecule has 0 aliphatic rings. The van der Waals surface area contributed by atoms with Crippen LogP contribution in [0.25, 0.3) is 0 Å². The van der Waals surface area contributed by atoms with E-state index in [9.17, 15) is 0 Å². The van der Waals surface area contributed by atoms with Crippen molar-refractivity contribution in [2.24, 2.45) is 0 Å². The topological polar surface area (TPSA) is 9.23 Å². The minimum atomic E-state index is 0.749. The van der Waals surface area contributed by atoms with Crippen molar-refractivity contribution in [2.45, 2.75) is 26.2 Å². The summed E-state index contributed by atoms with van der Waals surface area (Å²) < 4.78 is 5.16. The molecule has 0 aromatic heterocycles. The molecule has 0 aromatic carbocycles. The number of rotatable bonds is 8. The van der Waals surface area contributed by atoms with E-state index in [1.54, 1.807) is 0 Å². The van der Waals surface area contributed by atoms with Crippen LogP contribution < -0.4 is 0 Å². The van der Waals surface area contributed by atoms with E-state index in [0.29, 0.717) is 0 Å². The Hall–Kier alpha value is -0.820. The lowest BCUT2D eigenvalue weighted by Gasteiger charge is -1.93. The van der Waals surface area contributed by atoms with Crippen molar-refractivity contribution in [2.75, 3.05) is 13.2 Å². The maximum Gasteiger partial charge on any atom is 0.0647 e. The first-order valence-corrected chi connectivity index (χ1v) is 4.92. The molecule has 0 aliphatic carbocycles. The van der Waals surface area contributed by atoms with Crippen LogP contribution in [0.4, 0.5) is 0 Å². The van der Waals surface area contributed by atoms with Crippen LogP contribution >= 0.6 is 0 Å². The predicted molar refractivity (Wildman–Crippen MR) is 58.8 cm³/mol. The minimum absolute atomic E-state index is 0.749. The third kappa shape index (κ3) is 11.2. The van der Waals surface area contributed by atoms with Gasteiger partial charge in [-0.1, -0.05) is 37.0 Å². The number of hydrogen-bond donors (Lipinski definition) is 0. The zero-order valence-corrected chi connectivity index (χ0v) is 8.54. The molecule has 0 N–H and O–H groups in total. The molecule has 0 saturated carbocycles. The Bertz CT molecular complexity index is 157. The fourth-order valence-corrected chi connectivity index (χ4v) is 0.918. The molecule has 74 valence electrons. The SMILES string of the molecule is C=C/C=C/CCC/C=C/COCC. The summed E-state index contributed by atoms with van der Waals surface area (Å²) in [6.45, 7) is 7.17. The van der Waals surface area contributed by atoms with Crippen LogP contribution in [0.5, 0.6) is 0 Å². The summed E-state index contributed by atoms with van der Waals surface area (Å²) in [6.07, 6.45) is 13.7. The molecule has 0 heterocycles. The summed E-state index contributed by atoms with van der Waals surface area (Å²) in [5.41, 5.74) is 0. The highest BCUT2D eigenvalue weighted by Crippen LogP contribution is 1.97. The van der Waals surface area contributed by atoms with Gasteiger partial charge in [0.15, 0.2) is 0 Å². The molecular formula is C12H20O. The second-order valence-corrected chi connectivity index (χ2v) is 2.73. The Kier molecular flexibility index (Phi) is 10.5. The predicted octanol–water partition coefficient (Wildman–Crippen LogP) is 3.49. The molecule has 0 spiro atoms. The fourth-order valence-electron chi connectivity index (χ4n) is 0.918. The number of unbranched alkanes of at least 4 members (excludes halogenated alkanes) is 2. The Labute approximate surface area is 81.8 Å². The van der Waals surface area contributed by atoms with Gasteiger partial charge in [0.2, 0.25) is 0 Å². The summed E-state index contributed by atoms with van der Waals surface area (Å²) in [5.74, 6) is 0. The minimum Gasteiger partial charge on any atom is -0.378 e. The van der Waals surface area contributed by atoms with Crippen molar-refractivity contribution in [3.05, 3.63) is 37.0 Å². The van der Waals surface area contributed by atoms with Crippen molar-refractivity contribution in [3.63, 3.8) is 0 Å². The standard InChI is InChI=1S/C12H20O/c1-3-5-6-7-8-9-10-11-12-13-4-2/h3,5-6,10-11H,1,4,7-9,12H2,2H3/b6-5+,11-10+. The highest BCUT2D eigenvalue weighted by atomic mass is 16.5. The lowest BCUT2D eigenvalue weighted by molar-refractivity contribution is 0.177. The molecule has 13 heavy (non-hydrogen) atoms. The van der Waals surface area contributed by atoms with E-state index in [1.807, 2.05) is 19.1 Å². The normalized spacial score (nSPS) is 11.5. The molecule has 0 aromatic rings. The maximum absolute atomic E-state index is 5.16. The van der Waals surface area contributed by atoms with Crippen molar-refractivity contribution < 1.29 is 4.74 Å². The number of hydrogen-bond acceptors (Lipinski definition) is 1. The summed E-state index contributed by atoms with van der Waals surface area (Å²) in [7, 11) is 0. The van der Waals surface area contributed by atoms with E-state index in [4.69, 9.17) is 4.74 Å². The van der Waals surface area contributed by atoms with Gasteiger partial charge in [-0.15, -0.1) is 0 Å². The molecule has 0 amide bonds. The molecule has 0 aliphatic heterocycles. The van der Waals surface area contributed by atoms with Gasteiger partial charge in [-0.05, 0) is 26.2 Å². The number of allylic oxidation sites excluding steroid dienone is 4. The molecular weight excluding hydrogens is 160 g/mol. The smallest absolute Gasteiger partial charge is 0.0647 e. The third-order valence-electron chi connectivity index (χ3n) is 1.60. The van der Waals surface area contributed by atoms with E-state index in [1.165, 1.54) is 6.42 Å². The molecule has 0 unspecified atom stereocenters. The molecule has 0 rings (SSSR count). The first-order valence-electron chi connectivity index (χ1n) is 4.92. The lowest BCUT2D eigenvalue weighted by Crippen LogP contribution is -1.87. The van der Waals surface area contributed by atoms with Gasteiger partial charge in [0, 0.05) is 6.61 Å². The van der Waals surface area contributed by atoms with Crippen LogP contribution in [0, 0.1) is 0 Å². The van der Waals surface area contributed by atoms with Crippen LogP contribution in [-0.4, -0.2) is 13.2 Å². The highest BCUT2D eigenvalue weighted by molar-refractivity contribution is 4.97. The Balaban J connectivity index is 3.10. The summed E-state index contributed by atoms with van der Waals surface area (Å²) in [4.78, 5) is 0. The van der Waals surface area contributed by atoms with Gasteiger partial charge in [-0.2, -0.15) is 0 Å². The van der Waals surface area contributed by atoms with E-state index in [0.717, 1.165) is 26.1 Å². The fraction of sp³-hybridized carbons (Fsp3) is 0.500. The zero-order valence-electron chi connectivity index (χ0n) is 8.54. The molecule has 0 saturated heterocycles. The van der Waals surface area contributed by atoms with Crippen LogP contribution in [0.15, 0.2) is 37.0 Å². The molecule has 1 heteroatoms. The highest BCUT2D eigenvalue weighted by Gasteiger charge is 1.80. The monoisotopic (exact) mass is 180 g/mol. The van der Waals surface area contributed by atoms with Gasteiger partial charge in [0.25, 0.3) is 0 Å². The van der Waals surface area contributed by atoms with Crippen LogP contribution in [-0.2, 0) is 4.74 Å². The quantitative estimate of drug-likeness (QED) is 0.315. The maximum atomic E-state index is 5.16. The second kappa shape index (κ2) is 11.2. The summed E-state index contributed by atoms with van der Waals surface area (Å²) >= 11 is 0. The van der Waals surface area contributed by atoms with Gasteiger partial charge in [-0.3, -0.25) is 0 Å². The van der Waals surface area contributed by atoms with Crippen LogP contribution in [0.1, 0.15) is 26.2 Å². The van der Waals surface area contributed by atoms with Crippen molar-refractivity contribution >= 4 is 0 Å². The first kappa shape index (κ1) is 12.2. The molecule has 0 atom stereocenters. The molecule has 0 fully saturated rings. The summed E-state index contributed by atoms with van der Waals surface area (Å²) in [5, 5.41) is 0. The van der Waals surface area contributed by atoms with Crippen LogP contribution in [0.3, 0.4) is 0 Å². The van der Waals surface area contributed by atoms with Gasteiger partial charge >= 0.3 is 0 Å². The Morgan fingerprint density at radius 1 is 1.15 bits per heavy atom. The lowest BCUT2D eigenvalue weighted by atomic mass is 10.2. The van der Waals surface area contributed by atoms with E-state index >= 15 is 0 Å². The van der Waals surface area contributed by atoms with Crippen molar-refractivity contribution in [1.82, 2.24) is 0 Å².